The summed E-state index contributed by atoms with van der Waals surface area (Å²) in [6.07, 6.45) is 4.56. The van der Waals surface area contributed by atoms with Crippen molar-refractivity contribution in [2.75, 3.05) is 0 Å². The predicted molar refractivity (Wildman–Crippen MR) is 155 cm³/mol. The third-order valence-corrected chi connectivity index (χ3v) is 9.25. The highest BCUT2D eigenvalue weighted by atomic mass is 19.3. The molecular weight excluding hydrogens is 555 g/mol. The molecule has 0 spiro atoms. The Kier molecular flexibility index (Phi) is 4.96. The third kappa shape index (κ3) is 3.80. The minimum Gasteiger partial charge on any atom is -0.458 e. The number of allylic oxidation sites excluding steroid dienone is 1. The van der Waals surface area contributed by atoms with Gasteiger partial charge < -0.3 is 14.8 Å². The molecule has 1 atom stereocenters. The van der Waals surface area contributed by atoms with Gasteiger partial charge in [0.2, 0.25) is 0 Å². The molecule has 4 heterocycles. The number of dihydropyridines is 1. The zero-order valence-corrected chi connectivity index (χ0v) is 22.8. The normalized spacial score (nSPS) is 21.1. The molecule has 1 N–H and O–H groups in total. The van der Waals surface area contributed by atoms with E-state index in [-0.39, 0.29) is 38.4 Å². The van der Waals surface area contributed by atoms with Gasteiger partial charge in [-0.15, -0.1) is 0 Å². The van der Waals surface area contributed by atoms with Crippen LogP contribution in [0.2, 0.25) is 0 Å². The molecule has 1 unspecified atom stereocenters. The smallest absolute Gasteiger partial charge is 0.264 e. The van der Waals surface area contributed by atoms with Crippen molar-refractivity contribution in [1.29, 1.82) is 0 Å². The molecule has 0 saturated heterocycles. The minimum atomic E-state index is -2.76. The number of halogens is 4. The Balaban J connectivity index is 1.12. The Morgan fingerprint density at radius 2 is 1.49 bits per heavy atom. The van der Waals surface area contributed by atoms with Gasteiger partial charge >= 0.3 is 0 Å². The van der Waals surface area contributed by atoms with Crippen LogP contribution in [-0.4, -0.2) is 23.5 Å². The third-order valence-electron chi connectivity index (χ3n) is 9.25. The predicted octanol–water partition coefficient (Wildman–Crippen LogP) is 5.98. The fraction of sp³-hybridized carbons (Fsp3) is 0.206. The second kappa shape index (κ2) is 8.52. The fourth-order valence-electron chi connectivity index (χ4n) is 7.42. The fourth-order valence-corrected chi connectivity index (χ4v) is 7.42. The van der Waals surface area contributed by atoms with Crippen LogP contribution in [0.15, 0.2) is 90.4 Å². The van der Waals surface area contributed by atoms with Crippen molar-refractivity contribution in [3.05, 3.63) is 118 Å². The number of ether oxygens (including phenoxy) is 2. The number of fused-ring (bicyclic) bond motifs is 6. The first-order valence-corrected chi connectivity index (χ1v) is 14.4. The van der Waals surface area contributed by atoms with Gasteiger partial charge in [0.1, 0.15) is 23.0 Å². The summed E-state index contributed by atoms with van der Waals surface area (Å²) in [7, 11) is 0. The maximum absolute atomic E-state index is 14.3. The molecule has 0 amide bonds. The molecule has 5 aliphatic rings. The van der Waals surface area contributed by atoms with E-state index in [0.29, 0.717) is 56.5 Å². The van der Waals surface area contributed by atoms with E-state index in [1.54, 1.807) is 24.4 Å². The first kappa shape index (κ1) is 25.0. The van der Waals surface area contributed by atoms with E-state index in [2.05, 4.69) is 5.32 Å². The van der Waals surface area contributed by atoms with Gasteiger partial charge in [-0.05, 0) is 63.2 Å². The van der Waals surface area contributed by atoms with E-state index in [9.17, 15) is 17.6 Å². The zero-order chi connectivity index (χ0) is 29.1. The van der Waals surface area contributed by atoms with Crippen LogP contribution < -0.4 is 25.7 Å². The molecular formula is C34H23BF4N2O2. The molecule has 9 heteroatoms. The zero-order valence-electron chi connectivity index (χ0n) is 22.8. The van der Waals surface area contributed by atoms with Crippen LogP contribution in [0.25, 0.3) is 11.3 Å². The highest BCUT2D eigenvalue weighted by Gasteiger charge is 2.45. The number of hydrogen-bond donors (Lipinski definition) is 1. The number of pyridine rings is 1. The summed E-state index contributed by atoms with van der Waals surface area (Å²) < 4.78 is 70.0. The summed E-state index contributed by atoms with van der Waals surface area (Å²) in [6, 6.07) is 18.1. The Bertz CT molecular complexity index is 1950. The molecule has 3 aliphatic heterocycles. The van der Waals surface area contributed by atoms with Crippen LogP contribution >= 0.6 is 0 Å². The molecule has 2 aliphatic carbocycles. The second-order valence-corrected chi connectivity index (χ2v) is 12.0. The average Bonchev–Trinajstić information content (AvgIpc) is 3.48. The van der Waals surface area contributed by atoms with Gasteiger partial charge in [0.15, 0.2) is 0 Å². The molecule has 0 saturated carbocycles. The number of benzene rings is 3. The number of aromatic nitrogens is 1. The van der Waals surface area contributed by atoms with E-state index >= 15 is 0 Å². The Morgan fingerprint density at radius 3 is 2.30 bits per heavy atom. The van der Waals surface area contributed by atoms with Crippen molar-refractivity contribution in [1.82, 2.24) is 10.3 Å². The molecule has 0 radical (unpaired) electrons. The Hall–Kier alpha value is -4.53. The summed E-state index contributed by atoms with van der Waals surface area (Å²) in [4.78, 5) is 4.76. The number of hydrogen-bond acceptors (Lipinski definition) is 4. The first-order valence-electron chi connectivity index (χ1n) is 14.4. The monoisotopic (exact) mass is 578 g/mol. The maximum atomic E-state index is 14.3. The van der Waals surface area contributed by atoms with Crippen LogP contribution in [0.3, 0.4) is 0 Å². The lowest BCUT2D eigenvalue weighted by molar-refractivity contribution is 0.0122. The summed E-state index contributed by atoms with van der Waals surface area (Å²) in [5, 5.41) is 3.44. The van der Waals surface area contributed by atoms with Gasteiger partial charge in [-0.1, -0.05) is 42.5 Å². The highest BCUT2D eigenvalue weighted by Crippen LogP contribution is 2.43. The lowest BCUT2D eigenvalue weighted by Crippen LogP contribution is -2.53. The number of nitrogens with one attached hydrogen (secondary N) is 1. The van der Waals surface area contributed by atoms with Crippen molar-refractivity contribution in [3.8, 4) is 28.5 Å². The Morgan fingerprint density at radius 1 is 0.791 bits per heavy atom. The lowest BCUT2D eigenvalue weighted by Gasteiger charge is -2.36. The largest absolute Gasteiger partial charge is 0.458 e. The molecule has 0 bridgehead atoms. The van der Waals surface area contributed by atoms with Crippen LogP contribution in [0.5, 0.6) is 17.2 Å². The number of rotatable bonds is 2. The molecule has 0 fully saturated rings. The maximum Gasteiger partial charge on any atom is 0.264 e. The van der Waals surface area contributed by atoms with Gasteiger partial charge in [0.05, 0.1) is 11.7 Å². The molecule has 9 rings (SSSR count). The summed E-state index contributed by atoms with van der Waals surface area (Å²) in [5.74, 6) is -2.93. The first-order chi connectivity index (χ1) is 20.7. The SMILES string of the molecule is FC1(F)Cc2cccc(-c3cc4c(cn3)B3C5=CNC(c6cccc7c6CC(F)(F)C7)C=C5Oc5cccc(c53)O4)c2C1. The van der Waals surface area contributed by atoms with Gasteiger partial charge in [-0.25, -0.2) is 17.6 Å². The molecule has 43 heavy (non-hydrogen) atoms. The molecule has 1 aromatic heterocycles. The van der Waals surface area contributed by atoms with E-state index < -0.39 is 11.8 Å². The van der Waals surface area contributed by atoms with Crippen LogP contribution in [0.1, 0.15) is 33.9 Å². The van der Waals surface area contributed by atoms with E-state index in [1.807, 2.05) is 54.7 Å². The standard InChI is InChI=1S/C34H23BF4N2O2/c36-33(37)12-18-4-1-6-20(22(18)14-33)26-10-30-24(16-40-26)35-25-17-41-27(21-7-2-5-19-13-34(38,39)15-23(19)21)11-31(25)43-29-9-3-8-28(42-30)32(29)35/h1-11,16-17,26,40H,12-15H2. The van der Waals surface area contributed by atoms with Crippen molar-refractivity contribution in [2.24, 2.45) is 0 Å². The number of nitrogens with zero attached hydrogens (tertiary/aromatic N) is 1. The summed E-state index contributed by atoms with van der Waals surface area (Å²) in [5.41, 5.74) is 7.35. The summed E-state index contributed by atoms with van der Waals surface area (Å²) >= 11 is 0. The molecule has 212 valence electrons. The van der Waals surface area contributed by atoms with Crippen molar-refractivity contribution >= 4 is 17.6 Å². The van der Waals surface area contributed by atoms with E-state index in [0.717, 1.165) is 22.0 Å². The minimum absolute atomic E-state index is 0.241. The quantitative estimate of drug-likeness (QED) is 0.235. The van der Waals surface area contributed by atoms with E-state index in [4.69, 9.17) is 14.5 Å². The van der Waals surface area contributed by atoms with Crippen molar-refractivity contribution in [2.45, 2.75) is 43.6 Å². The van der Waals surface area contributed by atoms with Gasteiger partial charge in [0.25, 0.3) is 18.6 Å². The topological polar surface area (TPSA) is 43.4 Å². The number of alkyl halides is 4. The lowest BCUT2D eigenvalue weighted by atomic mass is 9.34. The van der Waals surface area contributed by atoms with Crippen molar-refractivity contribution < 1.29 is 27.0 Å². The van der Waals surface area contributed by atoms with Gasteiger partial charge in [-0.3, -0.25) is 4.98 Å². The molecule has 3 aromatic carbocycles. The molecule has 4 aromatic rings. The second-order valence-electron chi connectivity index (χ2n) is 12.0. The average molecular weight is 578 g/mol. The van der Waals surface area contributed by atoms with E-state index in [1.165, 1.54) is 0 Å². The molecule has 4 nitrogen and oxygen atoms in total. The van der Waals surface area contributed by atoms with Crippen LogP contribution in [0, 0.1) is 0 Å². The van der Waals surface area contributed by atoms with Crippen molar-refractivity contribution in [3.63, 3.8) is 0 Å². The van der Waals surface area contributed by atoms with Crippen LogP contribution in [0.4, 0.5) is 17.6 Å². The summed E-state index contributed by atoms with van der Waals surface area (Å²) in [6.45, 7) is -0.249. The van der Waals surface area contributed by atoms with Gasteiger partial charge in [-0.2, -0.15) is 0 Å². The highest BCUT2D eigenvalue weighted by molar-refractivity contribution is 6.94. The van der Waals surface area contributed by atoms with Crippen LogP contribution in [-0.2, 0) is 25.7 Å². The Labute approximate surface area is 245 Å². The van der Waals surface area contributed by atoms with Gasteiger partial charge in [0, 0.05) is 49.0 Å².